The van der Waals surface area contributed by atoms with Crippen LogP contribution in [-0.2, 0) is 19.9 Å². The number of rotatable bonds is 4. The Hall–Kier alpha value is -0.670. The third-order valence-corrected chi connectivity index (χ3v) is 6.91. The van der Waals surface area contributed by atoms with Crippen molar-refractivity contribution in [2.75, 3.05) is 24.4 Å². The maximum atomic E-state index is 11.9. The van der Waals surface area contributed by atoms with Gasteiger partial charge in [0.1, 0.15) is 0 Å². The molecule has 1 N–H and O–H groups in total. The lowest BCUT2D eigenvalue weighted by Gasteiger charge is -2.31. The van der Waals surface area contributed by atoms with Gasteiger partial charge in [-0.2, -0.15) is 0 Å². The number of piperidine rings is 1. The van der Waals surface area contributed by atoms with Crippen LogP contribution in [0.4, 0.5) is 0 Å². The Bertz CT molecular complexity index is 523. The van der Waals surface area contributed by atoms with Crippen LogP contribution >= 0.6 is 0 Å². The second kappa shape index (κ2) is 5.54. The SMILES string of the molecule is CCC1CN(S(=O)(=O)CS(C)(=O)=O)CCC1=NO. The molecule has 0 aromatic rings. The first-order valence-electron chi connectivity index (χ1n) is 5.56. The molecule has 1 rings (SSSR count). The van der Waals surface area contributed by atoms with Crippen molar-refractivity contribution < 1.29 is 22.0 Å². The third-order valence-electron chi connectivity index (χ3n) is 2.89. The highest BCUT2D eigenvalue weighted by Crippen LogP contribution is 2.20. The van der Waals surface area contributed by atoms with Crippen LogP contribution in [0.3, 0.4) is 0 Å². The zero-order chi connectivity index (χ0) is 14.0. The van der Waals surface area contributed by atoms with Crippen LogP contribution in [0.25, 0.3) is 0 Å². The van der Waals surface area contributed by atoms with Gasteiger partial charge in [-0.15, -0.1) is 0 Å². The number of sulfonamides is 1. The molecule has 0 aromatic heterocycles. The number of oxime groups is 1. The summed E-state index contributed by atoms with van der Waals surface area (Å²) in [6.45, 7) is 2.20. The first kappa shape index (κ1) is 15.4. The van der Waals surface area contributed by atoms with Crippen molar-refractivity contribution >= 4 is 25.6 Å². The molecule has 7 nitrogen and oxygen atoms in total. The Morgan fingerprint density at radius 2 is 2.00 bits per heavy atom. The van der Waals surface area contributed by atoms with E-state index in [4.69, 9.17) is 5.21 Å². The van der Waals surface area contributed by atoms with Gasteiger partial charge in [0.05, 0.1) is 5.71 Å². The predicted octanol–water partition coefficient (Wildman–Crippen LogP) is -0.120. The number of nitrogens with zero attached hydrogens (tertiary/aromatic N) is 2. The standard InChI is InChI=1S/C9H18N2O5S2/c1-3-8-6-11(5-4-9(8)10-12)18(15,16)7-17(2,13)14/h8,12H,3-7H2,1-2H3. The molecule has 1 aliphatic rings. The summed E-state index contributed by atoms with van der Waals surface area (Å²) in [5.41, 5.74) is 0.573. The van der Waals surface area contributed by atoms with Crippen LogP contribution in [0.2, 0.25) is 0 Å². The van der Waals surface area contributed by atoms with Crippen LogP contribution in [-0.4, -0.2) is 56.5 Å². The first-order valence-corrected chi connectivity index (χ1v) is 9.23. The van der Waals surface area contributed by atoms with Gasteiger partial charge in [-0.1, -0.05) is 12.1 Å². The molecule has 9 heteroatoms. The molecule has 0 aromatic carbocycles. The summed E-state index contributed by atoms with van der Waals surface area (Å²) in [5.74, 6) is -0.155. The topological polar surface area (TPSA) is 104 Å². The fraction of sp³-hybridized carbons (Fsp3) is 0.889. The van der Waals surface area contributed by atoms with Gasteiger partial charge in [0, 0.05) is 31.7 Å². The molecule has 1 saturated heterocycles. The summed E-state index contributed by atoms with van der Waals surface area (Å²) in [6, 6.07) is 0. The summed E-state index contributed by atoms with van der Waals surface area (Å²) in [6.07, 6.45) is 1.87. The van der Waals surface area contributed by atoms with Gasteiger partial charge in [-0.05, 0) is 6.42 Å². The Labute approximate surface area is 107 Å². The van der Waals surface area contributed by atoms with Gasteiger partial charge in [-0.25, -0.2) is 21.1 Å². The fourth-order valence-corrected chi connectivity index (χ4v) is 5.52. The quantitative estimate of drug-likeness (QED) is 0.575. The maximum absolute atomic E-state index is 11.9. The average Bonchev–Trinajstić information content (AvgIpc) is 2.24. The minimum absolute atomic E-state index is 0.155. The molecule has 1 atom stereocenters. The van der Waals surface area contributed by atoms with Crippen molar-refractivity contribution in [1.29, 1.82) is 0 Å². The van der Waals surface area contributed by atoms with E-state index < -0.39 is 24.9 Å². The Kier molecular flexibility index (Phi) is 4.73. The lowest BCUT2D eigenvalue weighted by Crippen LogP contribution is -2.45. The summed E-state index contributed by atoms with van der Waals surface area (Å²) >= 11 is 0. The number of hydrogen-bond acceptors (Lipinski definition) is 6. The van der Waals surface area contributed by atoms with E-state index in [1.165, 1.54) is 0 Å². The minimum atomic E-state index is -3.81. The Balaban J connectivity index is 2.87. The zero-order valence-corrected chi connectivity index (χ0v) is 12.0. The molecule has 1 unspecified atom stereocenters. The summed E-state index contributed by atoms with van der Waals surface area (Å²) in [5, 5.41) is 11.1. The van der Waals surface area contributed by atoms with E-state index in [9.17, 15) is 16.8 Å². The summed E-state index contributed by atoms with van der Waals surface area (Å²) in [7, 11) is -7.39. The third kappa shape index (κ3) is 3.92. The molecule has 0 radical (unpaired) electrons. The molecule has 1 heterocycles. The maximum Gasteiger partial charge on any atom is 0.228 e. The molecular weight excluding hydrogens is 280 g/mol. The van der Waals surface area contributed by atoms with E-state index in [-0.39, 0.29) is 19.0 Å². The van der Waals surface area contributed by atoms with Crippen molar-refractivity contribution in [3.05, 3.63) is 0 Å². The van der Waals surface area contributed by atoms with E-state index in [0.717, 1.165) is 10.6 Å². The highest BCUT2D eigenvalue weighted by Gasteiger charge is 2.33. The van der Waals surface area contributed by atoms with Crippen molar-refractivity contribution in [3.63, 3.8) is 0 Å². The minimum Gasteiger partial charge on any atom is -0.411 e. The van der Waals surface area contributed by atoms with Crippen LogP contribution in [0.15, 0.2) is 5.16 Å². The van der Waals surface area contributed by atoms with Gasteiger partial charge in [0.15, 0.2) is 14.9 Å². The molecular formula is C9H18N2O5S2. The predicted molar refractivity (Wildman–Crippen MR) is 67.8 cm³/mol. The normalized spacial score (nSPS) is 25.4. The van der Waals surface area contributed by atoms with Crippen molar-refractivity contribution in [2.45, 2.75) is 19.8 Å². The van der Waals surface area contributed by atoms with Gasteiger partial charge in [0.25, 0.3) is 0 Å². The Morgan fingerprint density at radius 3 is 2.44 bits per heavy atom. The molecule has 0 spiro atoms. The van der Waals surface area contributed by atoms with E-state index in [1.54, 1.807) is 0 Å². The van der Waals surface area contributed by atoms with Crippen molar-refractivity contribution in [3.8, 4) is 0 Å². The smallest absolute Gasteiger partial charge is 0.228 e. The van der Waals surface area contributed by atoms with Crippen molar-refractivity contribution in [1.82, 2.24) is 4.31 Å². The lowest BCUT2D eigenvalue weighted by molar-refractivity contribution is 0.296. The van der Waals surface area contributed by atoms with E-state index in [2.05, 4.69) is 5.16 Å². The summed E-state index contributed by atoms with van der Waals surface area (Å²) < 4.78 is 47.2. The molecule has 18 heavy (non-hydrogen) atoms. The van der Waals surface area contributed by atoms with Crippen LogP contribution in [0, 0.1) is 5.92 Å². The largest absolute Gasteiger partial charge is 0.411 e. The van der Waals surface area contributed by atoms with E-state index >= 15 is 0 Å². The fourth-order valence-electron chi connectivity index (χ4n) is 1.98. The molecule has 0 bridgehead atoms. The van der Waals surface area contributed by atoms with Crippen LogP contribution in [0.1, 0.15) is 19.8 Å². The molecule has 0 aliphatic carbocycles. The van der Waals surface area contributed by atoms with Gasteiger partial charge in [0.2, 0.25) is 10.0 Å². The number of hydrogen-bond donors (Lipinski definition) is 1. The average molecular weight is 298 g/mol. The first-order chi connectivity index (χ1) is 8.19. The molecule has 106 valence electrons. The lowest BCUT2D eigenvalue weighted by atomic mass is 9.95. The molecule has 1 aliphatic heterocycles. The van der Waals surface area contributed by atoms with Gasteiger partial charge < -0.3 is 5.21 Å². The summed E-state index contributed by atoms with van der Waals surface area (Å²) in [4.78, 5) is 0. The molecule has 1 fully saturated rings. The highest BCUT2D eigenvalue weighted by atomic mass is 32.3. The number of sulfone groups is 1. The van der Waals surface area contributed by atoms with Gasteiger partial charge in [-0.3, -0.25) is 0 Å². The second-order valence-corrected chi connectivity index (χ2v) is 8.93. The van der Waals surface area contributed by atoms with Crippen LogP contribution < -0.4 is 0 Å². The second-order valence-electron chi connectivity index (χ2n) is 4.46. The van der Waals surface area contributed by atoms with Crippen LogP contribution in [0.5, 0.6) is 0 Å². The van der Waals surface area contributed by atoms with E-state index in [1.807, 2.05) is 6.92 Å². The van der Waals surface area contributed by atoms with E-state index in [0.29, 0.717) is 18.6 Å². The highest BCUT2D eigenvalue weighted by molar-refractivity contribution is 8.06. The Morgan fingerprint density at radius 1 is 1.39 bits per heavy atom. The molecule has 0 saturated carbocycles. The van der Waals surface area contributed by atoms with Gasteiger partial charge >= 0.3 is 0 Å². The zero-order valence-electron chi connectivity index (χ0n) is 10.4. The monoisotopic (exact) mass is 298 g/mol. The molecule has 0 amide bonds. The van der Waals surface area contributed by atoms with Crippen molar-refractivity contribution in [2.24, 2.45) is 11.1 Å².